The van der Waals surface area contributed by atoms with Crippen LogP contribution in [0.5, 0.6) is 0 Å². The van der Waals surface area contributed by atoms with Gasteiger partial charge in [0.05, 0.1) is 0 Å². The lowest BCUT2D eigenvalue weighted by Gasteiger charge is -2.20. The summed E-state index contributed by atoms with van der Waals surface area (Å²) < 4.78 is 1.14. The van der Waals surface area contributed by atoms with Crippen LogP contribution in [0.25, 0.3) is 0 Å². The second-order valence-electron chi connectivity index (χ2n) is 3.93. The van der Waals surface area contributed by atoms with E-state index in [2.05, 4.69) is 46.0 Å². The number of halogens is 1. The first-order chi connectivity index (χ1) is 6.66. The predicted molar refractivity (Wildman–Crippen MR) is 63.7 cm³/mol. The second-order valence-corrected chi connectivity index (χ2v) is 4.84. The van der Waals surface area contributed by atoms with Crippen LogP contribution >= 0.6 is 15.9 Å². The van der Waals surface area contributed by atoms with Crippen molar-refractivity contribution in [2.24, 2.45) is 5.73 Å². The number of benzene rings is 1. The molecule has 2 nitrogen and oxygen atoms in total. The van der Waals surface area contributed by atoms with Gasteiger partial charge in [0.25, 0.3) is 0 Å². The minimum absolute atomic E-state index is 0.345. The molecule has 0 amide bonds. The maximum Gasteiger partial charge on any atom is 0.0397 e. The molecule has 0 aromatic heterocycles. The molecule has 1 atom stereocenters. The van der Waals surface area contributed by atoms with Crippen molar-refractivity contribution < 1.29 is 0 Å². The Balaban J connectivity index is 2.24. The average molecular weight is 255 g/mol. The van der Waals surface area contributed by atoms with E-state index in [0.29, 0.717) is 6.04 Å². The zero-order valence-corrected chi connectivity index (χ0v) is 9.92. The highest BCUT2D eigenvalue weighted by molar-refractivity contribution is 9.10. The Labute approximate surface area is 93.2 Å². The van der Waals surface area contributed by atoms with Gasteiger partial charge >= 0.3 is 0 Å². The van der Waals surface area contributed by atoms with E-state index in [4.69, 9.17) is 5.73 Å². The molecule has 1 aliphatic heterocycles. The summed E-state index contributed by atoms with van der Waals surface area (Å²) in [4.78, 5) is 2.37. The zero-order chi connectivity index (χ0) is 10.1. The topological polar surface area (TPSA) is 29.3 Å². The summed E-state index contributed by atoms with van der Waals surface area (Å²) in [7, 11) is 0. The second kappa shape index (κ2) is 3.91. The van der Waals surface area contributed by atoms with E-state index < -0.39 is 0 Å². The Hall–Kier alpha value is -0.540. The average Bonchev–Trinajstić information content (AvgIpc) is 2.51. The maximum atomic E-state index is 5.89. The molecule has 0 saturated carbocycles. The van der Waals surface area contributed by atoms with E-state index in [1.165, 1.54) is 11.3 Å². The number of aryl methyl sites for hydroxylation is 1. The number of nitrogens with zero attached hydrogens (tertiary/aromatic N) is 1. The van der Waals surface area contributed by atoms with Crippen LogP contribution in [0.2, 0.25) is 0 Å². The SMILES string of the molecule is Cc1cc(Br)ccc1N1CCC(N)C1. The number of rotatable bonds is 1. The van der Waals surface area contributed by atoms with Gasteiger partial charge in [0.15, 0.2) is 0 Å². The fraction of sp³-hybridized carbons (Fsp3) is 0.455. The lowest BCUT2D eigenvalue weighted by molar-refractivity contribution is 0.752. The van der Waals surface area contributed by atoms with Crippen LogP contribution in [0, 0.1) is 6.92 Å². The third kappa shape index (κ3) is 1.93. The van der Waals surface area contributed by atoms with Gasteiger partial charge in [0.1, 0.15) is 0 Å². The minimum atomic E-state index is 0.345. The molecular weight excluding hydrogens is 240 g/mol. The Morgan fingerprint density at radius 2 is 2.29 bits per heavy atom. The molecule has 76 valence electrons. The highest BCUT2D eigenvalue weighted by atomic mass is 79.9. The normalized spacial score (nSPS) is 21.6. The summed E-state index contributed by atoms with van der Waals surface area (Å²) in [5.41, 5.74) is 8.53. The molecule has 3 heteroatoms. The highest BCUT2D eigenvalue weighted by Gasteiger charge is 2.20. The van der Waals surface area contributed by atoms with E-state index in [0.717, 1.165) is 24.0 Å². The van der Waals surface area contributed by atoms with Crippen LogP contribution in [-0.4, -0.2) is 19.1 Å². The lowest BCUT2D eigenvalue weighted by Crippen LogP contribution is -2.26. The van der Waals surface area contributed by atoms with Crippen molar-refractivity contribution in [2.75, 3.05) is 18.0 Å². The molecule has 1 aromatic carbocycles. The molecule has 2 rings (SSSR count). The van der Waals surface area contributed by atoms with Crippen molar-refractivity contribution in [2.45, 2.75) is 19.4 Å². The minimum Gasteiger partial charge on any atom is -0.370 e. The molecule has 2 N–H and O–H groups in total. The van der Waals surface area contributed by atoms with Crippen LogP contribution in [0.15, 0.2) is 22.7 Å². The molecule has 1 saturated heterocycles. The summed E-state index contributed by atoms with van der Waals surface area (Å²) in [6.45, 7) is 4.22. The van der Waals surface area contributed by atoms with Crippen LogP contribution in [0.1, 0.15) is 12.0 Å². The number of anilines is 1. The predicted octanol–water partition coefficient (Wildman–Crippen LogP) is 2.29. The number of hydrogen-bond acceptors (Lipinski definition) is 2. The van der Waals surface area contributed by atoms with Crippen molar-refractivity contribution in [1.82, 2.24) is 0 Å². The van der Waals surface area contributed by atoms with Gasteiger partial charge in [-0.15, -0.1) is 0 Å². The Kier molecular flexibility index (Phi) is 2.79. The molecule has 1 heterocycles. The van der Waals surface area contributed by atoms with E-state index in [9.17, 15) is 0 Å². The molecule has 1 aliphatic rings. The lowest BCUT2D eigenvalue weighted by atomic mass is 10.2. The maximum absolute atomic E-state index is 5.89. The molecule has 1 aromatic rings. The van der Waals surface area contributed by atoms with Crippen molar-refractivity contribution in [3.8, 4) is 0 Å². The Morgan fingerprint density at radius 3 is 2.86 bits per heavy atom. The van der Waals surface area contributed by atoms with Gasteiger partial charge in [0, 0.05) is 29.3 Å². The molecule has 0 radical (unpaired) electrons. The monoisotopic (exact) mass is 254 g/mol. The highest BCUT2D eigenvalue weighted by Crippen LogP contribution is 2.26. The van der Waals surface area contributed by atoms with E-state index in [1.807, 2.05) is 0 Å². The molecule has 1 unspecified atom stereocenters. The van der Waals surface area contributed by atoms with Gasteiger partial charge in [-0.2, -0.15) is 0 Å². The first-order valence-corrected chi connectivity index (χ1v) is 5.73. The van der Waals surface area contributed by atoms with E-state index >= 15 is 0 Å². The number of nitrogens with two attached hydrogens (primary N) is 1. The Bertz CT molecular complexity index is 338. The smallest absolute Gasteiger partial charge is 0.0397 e. The van der Waals surface area contributed by atoms with Gasteiger partial charge in [-0.1, -0.05) is 15.9 Å². The molecule has 14 heavy (non-hydrogen) atoms. The quantitative estimate of drug-likeness (QED) is 0.834. The largest absolute Gasteiger partial charge is 0.370 e. The molecule has 0 bridgehead atoms. The van der Waals surface area contributed by atoms with Crippen molar-refractivity contribution in [3.63, 3.8) is 0 Å². The summed E-state index contributed by atoms with van der Waals surface area (Å²) in [6.07, 6.45) is 1.11. The molecule has 0 spiro atoms. The summed E-state index contributed by atoms with van der Waals surface area (Å²) >= 11 is 3.47. The Morgan fingerprint density at radius 1 is 1.50 bits per heavy atom. The van der Waals surface area contributed by atoms with Crippen LogP contribution in [0.4, 0.5) is 5.69 Å². The fourth-order valence-electron chi connectivity index (χ4n) is 1.98. The first-order valence-electron chi connectivity index (χ1n) is 4.93. The fourth-order valence-corrected chi connectivity index (χ4v) is 2.46. The van der Waals surface area contributed by atoms with Gasteiger partial charge in [-0.3, -0.25) is 0 Å². The van der Waals surface area contributed by atoms with Gasteiger partial charge < -0.3 is 10.6 Å². The third-order valence-electron chi connectivity index (χ3n) is 2.72. The summed E-state index contributed by atoms with van der Waals surface area (Å²) in [5, 5.41) is 0. The third-order valence-corrected chi connectivity index (χ3v) is 3.22. The summed E-state index contributed by atoms with van der Waals surface area (Å²) in [6, 6.07) is 6.75. The first kappa shape index (κ1) is 9.99. The molecule has 1 fully saturated rings. The zero-order valence-electron chi connectivity index (χ0n) is 8.33. The van der Waals surface area contributed by atoms with Crippen LogP contribution in [0.3, 0.4) is 0 Å². The van der Waals surface area contributed by atoms with Gasteiger partial charge in [0.2, 0.25) is 0 Å². The van der Waals surface area contributed by atoms with E-state index in [-0.39, 0.29) is 0 Å². The molecular formula is C11H15BrN2. The van der Waals surface area contributed by atoms with Crippen molar-refractivity contribution in [3.05, 3.63) is 28.2 Å². The number of hydrogen-bond donors (Lipinski definition) is 1. The molecule has 0 aliphatic carbocycles. The van der Waals surface area contributed by atoms with Crippen molar-refractivity contribution in [1.29, 1.82) is 0 Å². The van der Waals surface area contributed by atoms with Crippen LogP contribution in [-0.2, 0) is 0 Å². The van der Waals surface area contributed by atoms with Crippen molar-refractivity contribution >= 4 is 21.6 Å². The van der Waals surface area contributed by atoms with Crippen LogP contribution < -0.4 is 10.6 Å². The van der Waals surface area contributed by atoms with Gasteiger partial charge in [-0.25, -0.2) is 0 Å². The van der Waals surface area contributed by atoms with E-state index in [1.54, 1.807) is 0 Å². The van der Waals surface area contributed by atoms with Gasteiger partial charge in [-0.05, 0) is 37.1 Å². The summed E-state index contributed by atoms with van der Waals surface area (Å²) in [5.74, 6) is 0. The standard InChI is InChI=1S/C11H15BrN2/c1-8-6-9(12)2-3-11(8)14-5-4-10(13)7-14/h2-3,6,10H,4-5,7,13H2,1H3.